The third-order valence-corrected chi connectivity index (χ3v) is 11.4. The van der Waals surface area contributed by atoms with Gasteiger partial charge in [0.1, 0.15) is 24.7 Å². The van der Waals surface area contributed by atoms with E-state index >= 15 is 0 Å². The number of rotatable bonds is 6. The van der Waals surface area contributed by atoms with E-state index in [0.717, 1.165) is 11.5 Å². The zero-order valence-corrected chi connectivity index (χ0v) is 33.5. The van der Waals surface area contributed by atoms with Crippen molar-refractivity contribution in [1.82, 2.24) is 0 Å². The zero-order valence-electron chi connectivity index (χ0n) is 33.5. The first-order valence-electron chi connectivity index (χ1n) is 20.4. The third kappa shape index (κ3) is 8.30. The molecule has 0 saturated carbocycles. The van der Waals surface area contributed by atoms with Gasteiger partial charge in [-0.05, 0) is 113 Å². The van der Waals surface area contributed by atoms with Crippen molar-refractivity contribution in [3.8, 4) is 22.6 Å². The summed E-state index contributed by atoms with van der Waals surface area (Å²) in [6.45, 7) is 5.78. The van der Waals surface area contributed by atoms with Gasteiger partial charge in [0, 0.05) is 5.41 Å². The summed E-state index contributed by atoms with van der Waals surface area (Å²) in [5.41, 5.74) is 8.24. The normalized spacial score (nSPS) is 12.2. The largest absolute Gasteiger partial charge is 0.489 e. The number of hydrogen-bond donors (Lipinski definition) is 0. The van der Waals surface area contributed by atoms with Gasteiger partial charge < -0.3 is 9.47 Å². The maximum atomic E-state index is 5.95. The summed E-state index contributed by atoms with van der Waals surface area (Å²) in [6, 6.07) is 76.3. The minimum atomic E-state index is 0.160. The van der Waals surface area contributed by atoms with E-state index in [-0.39, 0.29) is 5.41 Å². The molecule has 59 heavy (non-hydrogen) atoms. The molecule has 0 unspecified atom stereocenters. The van der Waals surface area contributed by atoms with Crippen LogP contribution in [0.15, 0.2) is 218 Å². The molecule has 0 heterocycles. The topological polar surface area (TPSA) is 18.5 Å². The smallest absolute Gasteiger partial charge is 0.120 e. The second kappa shape index (κ2) is 16.7. The highest BCUT2D eigenvalue weighted by atomic mass is 16.5. The van der Waals surface area contributed by atoms with Crippen LogP contribution in [0.2, 0.25) is 0 Å². The van der Waals surface area contributed by atoms with Crippen molar-refractivity contribution in [2.75, 3.05) is 0 Å². The number of hydrogen-bond acceptors (Lipinski definition) is 2. The van der Waals surface area contributed by atoms with Crippen LogP contribution in [0.25, 0.3) is 54.2 Å². The standard InChI is InChI=1S/2C21H16O.C15H14/c2*1-3-7-19-13-16(9-10-17(19)5-1)15-22-21-12-11-18-6-2-4-8-20(18)14-21;1-15(2)13-9-5-3-7-11(13)12-8-4-6-10-14(12)15/h2*1-14H,15H2;3-10H,1-2H3. The molecule has 1 aliphatic carbocycles. The quantitative estimate of drug-likeness (QED) is 0.168. The summed E-state index contributed by atoms with van der Waals surface area (Å²) in [6.07, 6.45) is 0. The maximum Gasteiger partial charge on any atom is 0.120 e. The molecule has 0 spiro atoms. The van der Waals surface area contributed by atoms with E-state index in [9.17, 15) is 0 Å². The van der Waals surface area contributed by atoms with Gasteiger partial charge >= 0.3 is 0 Å². The van der Waals surface area contributed by atoms with Crippen LogP contribution in [-0.4, -0.2) is 0 Å². The second-order valence-electron chi connectivity index (χ2n) is 15.7. The molecule has 1 aliphatic rings. The van der Waals surface area contributed by atoms with Crippen LogP contribution in [-0.2, 0) is 18.6 Å². The van der Waals surface area contributed by atoms with Crippen molar-refractivity contribution in [1.29, 1.82) is 0 Å². The lowest BCUT2D eigenvalue weighted by atomic mass is 9.82. The number of ether oxygens (including phenoxy) is 2. The van der Waals surface area contributed by atoms with Gasteiger partial charge in [-0.1, -0.05) is 196 Å². The Bertz CT molecular complexity index is 2680. The van der Waals surface area contributed by atoms with Crippen LogP contribution >= 0.6 is 0 Å². The Labute approximate surface area is 347 Å². The molecule has 0 atom stereocenters. The molecule has 10 aromatic carbocycles. The van der Waals surface area contributed by atoms with Gasteiger partial charge in [0.2, 0.25) is 0 Å². The third-order valence-electron chi connectivity index (χ3n) is 11.4. The monoisotopic (exact) mass is 762 g/mol. The fraction of sp³-hybridized carbons (Fsp3) is 0.0877. The maximum absolute atomic E-state index is 5.95. The highest BCUT2D eigenvalue weighted by Crippen LogP contribution is 2.48. The average molecular weight is 763 g/mol. The van der Waals surface area contributed by atoms with Crippen LogP contribution < -0.4 is 9.47 Å². The lowest BCUT2D eigenvalue weighted by Gasteiger charge is -2.20. The number of fused-ring (bicyclic) bond motifs is 7. The Hall–Kier alpha value is -7.16. The number of benzene rings is 10. The van der Waals surface area contributed by atoms with Crippen LogP contribution in [0.3, 0.4) is 0 Å². The molecule has 0 fully saturated rings. The lowest BCUT2D eigenvalue weighted by Crippen LogP contribution is -2.14. The minimum absolute atomic E-state index is 0.160. The summed E-state index contributed by atoms with van der Waals surface area (Å²) in [5, 5.41) is 9.91. The molecule has 10 aromatic rings. The first-order valence-corrected chi connectivity index (χ1v) is 20.4. The molecule has 11 rings (SSSR count). The predicted molar refractivity (Wildman–Crippen MR) is 248 cm³/mol. The first-order chi connectivity index (χ1) is 29.0. The van der Waals surface area contributed by atoms with Crippen molar-refractivity contribution in [3.05, 3.63) is 241 Å². The van der Waals surface area contributed by atoms with Gasteiger partial charge in [0.15, 0.2) is 0 Å². The Morgan fingerprint density at radius 3 is 1.00 bits per heavy atom. The van der Waals surface area contributed by atoms with Crippen molar-refractivity contribution in [2.24, 2.45) is 0 Å². The van der Waals surface area contributed by atoms with Crippen LogP contribution in [0.5, 0.6) is 11.5 Å². The molecule has 0 amide bonds. The van der Waals surface area contributed by atoms with Gasteiger partial charge in [-0.25, -0.2) is 0 Å². The van der Waals surface area contributed by atoms with E-state index in [4.69, 9.17) is 9.47 Å². The summed E-state index contributed by atoms with van der Waals surface area (Å²) in [5.74, 6) is 1.82. The van der Waals surface area contributed by atoms with Crippen LogP contribution in [0.4, 0.5) is 0 Å². The van der Waals surface area contributed by atoms with E-state index < -0.39 is 0 Å². The van der Waals surface area contributed by atoms with E-state index in [1.54, 1.807) is 0 Å². The molecule has 2 heteroatoms. The highest BCUT2D eigenvalue weighted by molar-refractivity contribution is 5.86. The van der Waals surface area contributed by atoms with E-state index in [2.05, 4.69) is 220 Å². The lowest BCUT2D eigenvalue weighted by molar-refractivity contribution is 0.307. The summed E-state index contributed by atoms with van der Waals surface area (Å²) < 4.78 is 11.9. The first kappa shape index (κ1) is 37.4. The van der Waals surface area contributed by atoms with Crippen molar-refractivity contribution in [2.45, 2.75) is 32.5 Å². The molecule has 0 aliphatic heterocycles. The summed E-state index contributed by atoms with van der Waals surface area (Å²) in [4.78, 5) is 0. The molecule has 0 saturated heterocycles. The molecular formula is C57H46O2. The van der Waals surface area contributed by atoms with Crippen molar-refractivity contribution in [3.63, 3.8) is 0 Å². The fourth-order valence-corrected chi connectivity index (χ4v) is 8.18. The SMILES string of the molecule is CC1(C)c2ccccc2-c2ccccc21.c1ccc2cc(COc3ccc4ccccc4c3)ccc2c1.c1ccc2cc(COc3ccc4ccccc4c3)ccc2c1. The molecule has 0 bridgehead atoms. The van der Waals surface area contributed by atoms with Crippen molar-refractivity contribution >= 4 is 43.1 Å². The van der Waals surface area contributed by atoms with E-state index in [1.165, 1.54) is 76.5 Å². The molecule has 0 aromatic heterocycles. The van der Waals surface area contributed by atoms with Crippen LogP contribution in [0, 0.1) is 0 Å². The Morgan fingerprint density at radius 2 is 0.610 bits per heavy atom. The molecular weight excluding hydrogens is 717 g/mol. The van der Waals surface area contributed by atoms with Gasteiger partial charge in [-0.3, -0.25) is 0 Å². The summed E-state index contributed by atoms with van der Waals surface area (Å²) >= 11 is 0. The Morgan fingerprint density at radius 1 is 0.305 bits per heavy atom. The van der Waals surface area contributed by atoms with Crippen LogP contribution in [0.1, 0.15) is 36.1 Å². The fourth-order valence-electron chi connectivity index (χ4n) is 8.18. The molecule has 286 valence electrons. The van der Waals surface area contributed by atoms with Gasteiger partial charge in [0.25, 0.3) is 0 Å². The predicted octanol–water partition coefficient (Wildman–Crippen LogP) is 15.1. The van der Waals surface area contributed by atoms with Gasteiger partial charge in [-0.2, -0.15) is 0 Å². The second-order valence-corrected chi connectivity index (χ2v) is 15.7. The highest BCUT2D eigenvalue weighted by Gasteiger charge is 2.34. The average Bonchev–Trinajstić information content (AvgIpc) is 3.53. The van der Waals surface area contributed by atoms with Gasteiger partial charge in [0.05, 0.1) is 0 Å². The zero-order chi connectivity index (χ0) is 40.0. The van der Waals surface area contributed by atoms with E-state index in [1.807, 2.05) is 12.1 Å². The Kier molecular flexibility index (Phi) is 10.6. The minimum Gasteiger partial charge on any atom is -0.489 e. The van der Waals surface area contributed by atoms with Crippen molar-refractivity contribution < 1.29 is 9.47 Å². The Balaban J connectivity index is 0.000000116. The van der Waals surface area contributed by atoms with E-state index in [0.29, 0.717) is 13.2 Å². The molecule has 0 N–H and O–H groups in total. The summed E-state index contributed by atoms with van der Waals surface area (Å²) in [7, 11) is 0. The molecule has 2 nitrogen and oxygen atoms in total. The molecule has 0 radical (unpaired) electrons. The van der Waals surface area contributed by atoms with Gasteiger partial charge in [-0.15, -0.1) is 0 Å².